The van der Waals surface area contributed by atoms with Crippen LogP contribution in [0.3, 0.4) is 0 Å². The standard InChI is InChI=1S/C25H29N3O6/c1-25(2,3)34-24(32)27-10-8-14(9-11-27)15-4-5-16-17-13-28(18-6-7-20(29)26-22(18)30)23(31)21(17)33-19(16)12-15/h4-5,12,14,18H,6-11,13H2,1-3H3,(H,26,29,30). The number of benzene rings is 1. The smallest absolute Gasteiger partial charge is 0.410 e. The molecule has 1 aromatic heterocycles. The van der Waals surface area contributed by atoms with E-state index in [1.54, 1.807) is 4.90 Å². The molecule has 1 atom stereocenters. The molecule has 0 spiro atoms. The summed E-state index contributed by atoms with van der Waals surface area (Å²) in [6, 6.07) is 5.38. The van der Waals surface area contributed by atoms with Crippen LogP contribution in [0.25, 0.3) is 11.0 Å². The number of fused-ring (bicyclic) bond motifs is 3. The third kappa shape index (κ3) is 4.03. The average Bonchev–Trinajstić information content (AvgIpc) is 3.29. The lowest BCUT2D eigenvalue weighted by Crippen LogP contribution is -2.52. The number of nitrogens with one attached hydrogen (secondary N) is 1. The van der Waals surface area contributed by atoms with Crippen LogP contribution in [0.2, 0.25) is 0 Å². The van der Waals surface area contributed by atoms with Crippen molar-refractivity contribution >= 4 is 34.8 Å². The van der Waals surface area contributed by atoms with E-state index in [9.17, 15) is 19.2 Å². The summed E-state index contributed by atoms with van der Waals surface area (Å²) in [7, 11) is 0. The van der Waals surface area contributed by atoms with Crippen molar-refractivity contribution < 1.29 is 28.3 Å². The number of rotatable bonds is 2. The number of nitrogens with zero attached hydrogens (tertiary/aromatic N) is 2. The predicted molar refractivity (Wildman–Crippen MR) is 122 cm³/mol. The largest absolute Gasteiger partial charge is 0.451 e. The van der Waals surface area contributed by atoms with Crippen LogP contribution >= 0.6 is 0 Å². The molecule has 0 aliphatic carbocycles. The predicted octanol–water partition coefficient (Wildman–Crippen LogP) is 3.31. The Morgan fingerprint density at radius 3 is 2.53 bits per heavy atom. The minimum atomic E-state index is -0.655. The maximum Gasteiger partial charge on any atom is 0.410 e. The van der Waals surface area contributed by atoms with Crippen LogP contribution in [0.15, 0.2) is 22.6 Å². The SMILES string of the molecule is CC(C)(C)OC(=O)N1CCC(c2ccc3c4c(oc3c2)C(=O)N(C2CCC(=O)NC2=O)C4)CC1. The molecule has 9 heteroatoms. The van der Waals surface area contributed by atoms with Gasteiger partial charge in [0.1, 0.15) is 17.2 Å². The van der Waals surface area contributed by atoms with Crippen molar-refractivity contribution in [3.63, 3.8) is 0 Å². The topological polar surface area (TPSA) is 109 Å². The number of piperidine rings is 2. The van der Waals surface area contributed by atoms with Crippen molar-refractivity contribution in [1.29, 1.82) is 0 Å². The number of carbonyl (C=O) groups excluding carboxylic acids is 4. The van der Waals surface area contributed by atoms with E-state index >= 15 is 0 Å². The fraction of sp³-hybridized carbons (Fsp3) is 0.520. The molecule has 0 radical (unpaired) electrons. The van der Waals surface area contributed by atoms with Crippen LogP contribution < -0.4 is 5.32 Å². The first-order valence-electron chi connectivity index (χ1n) is 11.8. The van der Waals surface area contributed by atoms with Gasteiger partial charge in [-0.15, -0.1) is 0 Å². The maximum absolute atomic E-state index is 13.0. The minimum Gasteiger partial charge on any atom is -0.451 e. The summed E-state index contributed by atoms with van der Waals surface area (Å²) < 4.78 is 11.5. The minimum absolute atomic E-state index is 0.221. The fourth-order valence-corrected chi connectivity index (χ4v) is 5.08. The summed E-state index contributed by atoms with van der Waals surface area (Å²) in [5.41, 5.74) is 2.06. The summed E-state index contributed by atoms with van der Waals surface area (Å²) in [5, 5.41) is 3.18. The zero-order chi connectivity index (χ0) is 24.2. The molecule has 3 aliphatic rings. The molecule has 4 amide bonds. The first-order valence-corrected chi connectivity index (χ1v) is 11.8. The van der Waals surface area contributed by atoms with E-state index in [1.165, 1.54) is 4.90 Å². The summed E-state index contributed by atoms with van der Waals surface area (Å²) in [6.07, 6.45) is 1.92. The molecule has 2 aromatic rings. The summed E-state index contributed by atoms with van der Waals surface area (Å²) in [6.45, 7) is 7.14. The first kappa shape index (κ1) is 22.4. The summed E-state index contributed by atoms with van der Waals surface area (Å²) in [5.74, 6) is -0.485. The Hall–Kier alpha value is -3.36. The second-order valence-corrected chi connectivity index (χ2v) is 10.3. The summed E-state index contributed by atoms with van der Waals surface area (Å²) in [4.78, 5) is 52.3. The van der Waals surface area contributed by atoms with E-state index in [-0.39, 0.29) is 30.1 Å². The molecule has 1 N–H and O–H groups in total. The van der Waals surface area contributed by atoms with Crippen LogP contribution in [-0.4, -0.2) is 58.3 Å². The van der Waals surface area contributed by atoms with Gasteiger partial charge in [0.2, 0.25) is 11.8 Å². The Balaban J connectivity index is 1.28. The van der Waals surface area contributed by atoms with E-state index < -0.39 is 17.6 Å². The van der Waals surface area contributed by atoms with Gasteiger partial charge in [0.05, 0.1) is 6.54 Å². The third-order valence-corrected chi connectivity index (χ3v) is 6.80. The zero-order valence-corrected chi connectivity index (χ0v) is 19.7. The highest BCUT2D eigenvalue weighted by atomic mass is 16.6. The molecule has 0 saturated carbocycles. The quantitative estimate of drug-likeness (QED) is 0.679. The lowest BCUT2D eigenvalue weighted by molar-refractivity contribution is -0.136. The normalized spacial score (nSPS) is 21.7. The molecule has 1 unspecified atom stereocenters. The van der Waals surface area contributed by atoms with Crippen LogP contribution in [0.5, 0.6) is 0 Å². The molecule has 3 aliphatic heterocycles. The van der Waals surface area contributed by atoms with Gasteiger partial charge in [-0.2, -0.15) is 0 Å². The van der Waals surface area contributed by atoms with Gasteiger partial charge in [-0.25, -0.2) is 4.79 Å². The molecule has 5 rings (SSSR count). The average molecular weight is 468 g/mol. The molecule has 0 bridgehead atoms. The molecule has 1 aromatic carbocycles. The molecule has 9 nitrogen and oxygen atoms in total. The van der Waals surface area contributed by atoms with Crippen molar-refractivity contribution in [1.82, 2.24) is 15.1 Å². The Kier molecular flexibility index (Phi) is 5.37. The number of carbonyl (C=O) groups is 4. The summed E-state index contributed by atoms with van der Waals surface area (Å²) >= 11 is 0. The number of amides is 4. The van der Waals surface area contributed by atoms with Gasteiger partial charge < -0.3 is 19.0 Å². The van der Waals surface area contributed by atoms with E-state index in [0.29, 0.717) is 37.6 Å². The van der Waals surface area contributed by atoms with Gasteiger partial charge in [0, 0.05) is 30.5 Å². The van der Waals surface area contributed by atoms with Gasteiger partial charge in [0.15, 0.2) is 5.76 Å². The third-order valence-electron chi connectivity index (χ3n) is 6.80. The Morgan fingerprint density at radius 2 is 1.85 bits per heavy atom. The number of likely N-dealkylation sites (tertiary alicyclic amines) is 1. The number of ether oxygens (including phenoxy) is 1. The van der Waals surface area contributed by atoms with E-state index in [0.717, 1.165) is 29.4 Å². The fourth-order valence-electron chi connectivity index (χ4n) is 5.08. The molecule has 4 heterocycles. The second-order valence-electron chi connectivity index (χ2n) is 10.3. The monoisotopic (exact) mass is 467 g/mol. The van der Waals surface area contributed by atoms with Crippen molar-refractivity contribution in [2.45, 2.75) is 70.6 Å². The first-order chi connectivity index (χ1) is 16.1. The van der Waals surface area contributed by atoms with Gasteiger partial charge in [0.25, 0.3) is 5.91 Å². The highest BCUT2D eigenvalue weighted by molar-refractivity contribution is 6.06. The number of furan rings is 1. The highest BCUT2D eigenvalue weighted by Gasteiger charge is 2.42. The van der Waals surface area contributed by atoms with Gasteiger partial charge in [-0.05, 0) is 57.6 Å². The van der Waals surface area contributed by atoms with Gasteiger partial charge in [-0.1, -0.05) is 12.1 Å². The number of imide groups is 1. The van der Waals surface area contributed by atoms with Gasteiger partial charge >= 0.3 is 6.09 Å². The molecular formula is C25H29N3O6. The van der Waals surface area contributed by atoms with Crippen molar-refractivity contribution in [2.75, 3.05) is 13.1 Å². The number of hydrogen-bond donors (Lipinski definition) is 1. The molecule has 2 saturated heterocycles. The van der Waals surface area contributed by atoms with Crippen molar-refractivity contribution in [3.05, 3.63) is 35.1 Å². The van der Waals surface area contributed by atoms with Crippen LogP contribution in [0, 0.1) is 0 Å². The Bertz CT molecular complexity index is 1190. The Labute approximate surface area is 197 Å². The second kappa shape index (κ2) is 8.14. The molecule has 2 fully saturated rings. The Morgan fingerprint density at radius 1 is 1.12 bits per heavy atom. The molecule has 180 valence electrons. The lowest BCUT2D eigenvalue weighted by atomic mass is 9.89. The molecule has 34 heavy (non-hydrogen) atoms. The number of hydrogen-bond acceptors (Lipinski definition) is 6. The highest BCUT2D eigenvalue weighted by Crippen LogP contribution is 2.38. The van der Waals surface area contributed by atoms with Crippen LogP contribution in [0.1, 0.15) is 74.1 Å². The van der Waals surface area contributed by atoms with Gasteiger partial charge in [-0.3, -0.25) is 19.7 Å². The van der Waals surface area contributed by atoms with E-state index in [4.69, 9.17) is 9.15 Å². The van der Waals surface area contributed by atoms with Crippen molar-refractivity contribution in [2.24, 2.45) is 0 Å². The van der Waals surface area contributed by atoms with E-state index in [1.807, 2.05) is 32.9 Å². The maximum atomic E-state index is 13.0. The van der Waals surface area contributed by atoms with E-state index in [2.05, 4.69) is 11.4 Å². The lowest BCUT2D eigenvalue weighted by Gasteiger charge is -2.33. The van der Waals surface area contributed by atoms with Crippen LogP contribution in [-0.2, 0) is 20.9 Å². The van der Waals surface area contributed by atoms with Crippen LogP contribution in [0.4, 0.5) is 4.79 Å². The van der Waals surface area contributed by atoms with Crippen molar-refractivity contribution in [3.8, 4) is 0 Å². The molecular weight excluding hydrogens is 438 g/mol. The zero-order valence-electron chi connectivity index (χ0n) is 19.7.